The van der Waals surface area contributed by atoms with Gasteiger partial charge in [-0.1, -0.05) is 13.0 Å². The van der Waals surface area contributed by atoms with E-state index in [0.29, 0.717) is 11.6 Å². The number of nitrogens with zero attached hydrogens (tertiary/aromatic N) is 3. The fraction of sp³-hybridized carbons (Fsp3) is 0.389. The fourth-order valence-electron chi connectivity index (χ4n) is 2.92. The summed E-state index contributed by atoms with van der Waals surface area (Å²) in [7, 11) is 0. The summed E-state index contributed by atoms with van der Waals surface area (Å²) >= 11 is 3.46. The van der Waals surface area contributed by atoms with Crippen LogP contribution >= 0.6 is 15.9 Å². The molecule has 126 valence electrons. The number of hydrogen-bond donors (Lipinski definition) is 1. The first-order chi connectivity index (χ1) is 11.5. The second-order valence-electron chi connectivity index (χ2n) is 6.41. The number of halogens is 1. The lowest BCUT2D eigenvalue weighted by molar-refractivity contribution is 0.102. The number of anilines is 2. The number of carbonyl (C=O) groups is 1. The van der Waals surface area contributed by atoms with Gasteiger partial charge in [-0.15, -0.1) is 10.2 Å². The molecule has 1 amide bonds. The Balaban J connectivity index is 1.69. The number of nitrogens with one attached hydrogen (secondary N) is 1. The van der Waals surface area contributed by atoms with Gasteiger partial charge in [0.05, 0.1) is 5.69 Å². The number of aromatic nitrogens is 2. The van der Waals surface area contributed by atoms with Crippen molar-refractivity contribution in [1.29, 1.82) is 0 Å². The minimum absolute atomic E-state index is 0.259. The van der Waals surface area contributed by atoms with E-state index in [2.05, 4.69) is 43.3 Å². The molecule has 1 atom stereocenters. The van der Waals surface area contributed by atoms with Crippen LogP contribution in [0.4, 0.5) is 11.5 Å². The molecule has 24 heavy (non-hydrogen) atoms. The molecule has 5 nitrogen and oxygen atoms in total. The molecule has 2 aromatic rings. The van der Waals surface area contributed by atoms with Crippen molar-refractivity contribution < 1.29 is 4.79 Å². The van der Waals surface area contributed by atoms with Gasteiger partial charge < -0.3 is 10.2 Å². The minimum atomic E-state index is -0.259. The van der Waals surface area contributed by atoms with Gasteiger partial charge in [-0.3, -0.25) is 4.79 Å². The maximum Gasteiger partial charge on any atom is 0.276 e. The Hall–Kier alpha value is -1.95. The van der Waals surface area contributed by atoms with Gasteiger partial charge in [-0.05, 0) is 71.4 Å². The molecule has 0 aliphatic carbocycles. The number of benzene rings is 1. The molecule has 1 aliphatic heterocycles. The van der Waals surface area contributed by atoms with Crippen LogP contribution in [-0.4, -0.2) is 29.2 Å². The lowest BCUT2D eigenvalue weighted by Gasteiger charge is -2.31. The van der Waals surface area contributed by atoms with Crippen LogP contribution in [-0.2, 0) is 0 Å². The Morgan fingerprint density at radius 3 is 2.79 bits per heavy atom. The van der Waals surface area contributed by atoms with Crippen molar-refractivity contribution in [1.82, 2.24) is 10.2 Å². The molecule has 1 saturated heterocycles. The fourth-order valence-corrected chi connectivity index (χ4v) is 3.51. The highest BCUT2D eigenvalue weighted by Gasteiger charge is 2.18. The number of carbonyl (C=O) groups excluding carboxylic acids is 1. The summed E-state index contributed by atoms with van der Waals surface area (Å²) in [5.74, 6) is 1.25. The third-order valence-electron chi connectivity index (χ3n) is 4.24. The van der Waals surface area contributed by atoms with Crippen LogP contribution < -0.4 is 10.2 Å². The Morgan fingerprint density at radius 2 is 2.12 bits per heavy atom. The number of aryl methyl sites for hydroxylation is 1. The van der Waals surface area contributed by atoms with Gasteiger partial charge in [-0.25, -0.2) is 0 Å². The predicted molar refractivity (Wildman–Crippen MR) is 99.5 cm³/mol. The van der Waals surface area contributed by atoms with Gasteiger partial charge in [0.2, 0.25) is 0 Å². The standard InChI is InChI=1S/C18H21BrN4O/c1-12-5-6-15(14(19)10-12)20-18(24)16-7-8-17(22-21-16)23-9-3-4-13(2)11-23/h5-8,10,13H,3-4,9,11H2,1-2H3,(H,20,24). The Kier molecular flexibility index (Phi) is 5.14. The van der Waals surface area contributed by atoms with Crippen molar-refractivity contribution in [3.05, 3.63) is 46.1 Å². The summed E-state index contributed by atoms with van der Waals surface area (Å²) in [4.78, 5) is 14.6. The molecule has 1 fully saturated rings. The number of hydrogen-bond acceptors (Lipinski definition) is 4. The molecule has 0 spiro atoms. The molecule has 1 aliphatic rings. The zero-order valence-corrected chi connectivity index (χ0v) is 15.5. The highest BCUT2D eigenvalue weighted by atomic mass is 79.9. The first-order valence-corrected chi connectivity index (χ1v) is 8.98. The van der Waals surface area contributed by atoms with Crippen LogP contribution in [0, 0.1) is 12.8 Å². The highest BCUT2D eigenvalue weighted by Crippen LogP contribution is 2.24. The van der Waals surface area contributed by atoms with Gasteiger partial charge in [0.1, 0.15) is 0 Å². The Morgan fingerprint density at radius 1 is 1.29 bits per heavy atom. The van der Waals surface area contributed by atoms with Crippen molar-refractivity contribution in [2.45, 2.75) is 26.7 Å². The molecule has 6 heteroatoms. The van der Waals surface area contributed by atoms with E-state index in [-0.39, 0.29) is 5.91 Å². The molecule has 0 bridgehead atoms. The molecular formula is C18H21BrN4O. The van der Waals surface area contributed by atoms with Gasteiger partial charge in [-0.2, -0.15) is 0 Å². The molecule has 2 heterocycles. The topological polar surface area (TPSA) is 58.1 Å². The van der Waals surface area contributed by atoms with E-state index in [9.17, 15) is 4.79 Å². The first kappa shape index (κ1) is 16.9. The van der Waals surface area contributed by atoms with E-state index in [1.807, 2.05) is 31.2 Å². The van der Waals surface area contributed by atoms with Crippen molar-refractivity contribution in [2.75, 3.05) is 23.3 Å². The smallest absolute Gasteiger partial charge is 0.276 e. The van der Waals surface area contributed by atoms with Gasteiger partial charge in [0, 0.05) is 17.6 Å². The highest BCUT2D eigenvalue weighted by molar-refractivity contribution is 9.10. The van der Waals surface area contributed by atoms with Crippen LogP contribution in [0.1, 0.15) is 35.8 Å². The average molecular weight is 389 g/mol. The quantitative estimate of drug-likeness (QED) is 0.861. The maximum atomic E-state index is 12.3. The number of rotatable bonds is 3. The normalized spacial score (nSPS) is 17.6. The zero-order chi connectivity index (χ0) is 17.1. The molecule has 3 rings (SSSR count). The number of piperidine rings is 1. The lowest BCUT2D eigenvalue weighted by atomic mass is 10.0. The molecular weight excluding hydrogens is 368 g/mol. The van der Waals surface area contributed by atoms with E-state index in [4.69, 9.17) is 0 Å². The second-order valence-corrected chi connectivity index (χ2v) is 7.26. The SMILES string of the molecule is Cc1ccc(NC(=O)c2ccc(N3CCCC(C)C3)nn2)c(Br)c1. The maximum absolute atomic E-state index is 12.3. The van der Waals surface area contributed by atoms with Crippen LogP contribution in [0.3, 0.4) is 0 Å². The van der Waals surface area contributed by atoms with Gasteiger partial charge >= 0.3 is 0 Å². The summed E-state index contributed by atoms with van der Waals surface area (Å²) in [6.45, 7) is 6.25. The predicted octanol–water partition coefficient (Wildman–Crippen LogP) is 4.04. The third-order valence-corrected chi connectivity index (χ3v) is 4.89. The molecule has 1 N–H and O–H groups in total. The van der Waals surface area contributed by atoms with E-state index < -0.39 is 0 Å². The monoisotopic (exact) mass is 388 g/mol. The van der Waals surface area contributed by atoms with Crippen molar-refractivity contribution in [3.8, 4) is 0 Å². The molecule has 1 aromatic carbocycles. The van der Waals surface area contributed by atoms with Crippen LogP contribution in [0.15, 0.2) is 34.8 Å². The molecule has 0 saturated carbocycles. The van der Waals surface area contributed by atoms with Crippen molar-refractivity contribution in [2.24, 2.45) is 5.92 Å². The van der Waals surface area contributed by atoms with Gasteiger partial charge in [0.25, 0.3) is 5.91 Å². The summed E-state index contributed by atoms with van der Waals surface area (Å²) in [5.41, 5.74) is 2.16. The third kappa shape index (κ3) is 3.93. The summed E-state index contributed by atoms with van der Waals surface area (Å²) < 4.78 is 0.850. The van der Waals surface area contributed by atoms with Crippen LogP contribution in [0.25, 0.3) is 0 Å². The molecule has 1 unspecified atom stereocenters. The Labute approximate surface area is 150 Å². The zero-order valence-electron chi connectivity index (χ0n) is 13.9. The van der Waals surface area contributed by atoms with Gasteiger partial charge in [0.15, 0.2) is 11.5 Å². The van der Waals surface area contributed by atoms with Crippen molar-refractivity contribution in [3.63, 3.8) is 0 Å². The average Bonchev–Trinajstić information content (AvgIpc) is 2.57. The Bertz CT molecular complexity index is 732. The van der Waals surface area contributed by atoms with E-state index >= 15 is 0 Å². The van der Waals surface area contributed by atoms with E-state index in [1.165, 1.54) is 12.8 Å². The summed E-state index contributed by atoms with van der Waals surface area (Å²) in [6, 6.07) is 9.39. The van der Waals surface area contributed by atoms with E-state index in [0.717, 1.165) is 34.6 Å². The first-order valence-electron chi connectivity index (χ1n) is 8.19. The molecule has 0 radical (unpaired) electrons. The van der Waals surface area contributed by atoms with Crippen LogP contribution in [0.2, 0.25) is 0 Å². The van der Waals surface area contributed by atoms with Crippen molar-refractivity contribution >= 4 is 33.3 Å². The summed E-state index contributed by atoms with van der Waals surface area (Å²) in [6.07, 6.45) is 2.43. The minimum Gasteiger partial charge on any atom is -0.355 e. The lowest BCUT2D eigenvalue weighted by Crippen LogP contribution is -2.35. The largest absolute Gasteiger partial charge is 0.355 e. The molecule has 1 aromatic heterocycles. The van der Waals surface area contributed by atoms with Crippen LogP contribution in [0.5, 0.6) is 0 Å². The second kappa shape index (κ2) is 7.30. The number of amides is 1. The summed E-state index contributed by atoms with van der Waals surface area (Å²) in [5, 5.41) is 11.2. The van der Waals surface area contributed by atoms with E-state index in [1.54, 1.807) is 6.07 Å².